The Bertz CT molecular complexity index is 821. The summed E-state index contributed by atoms with van der Waals surface area (Å²) in [6.45, 7) is 1.57. The number of hydrogen-bond donors (Lipinski definition) is 0. The van der Waals surface area contributed by atoms with Crippen LogP contribution in [0.5, 0.6) is 0 Å². The standard InChI is InChI=1S/C19H19N3O2S/c23-18(22-9-6-15(7-10-22)19-20-8-11-25-19)13-16-12-17(24-21-16)14-4-2-1-3-5-14/h1-5,8,11-12,15H,6-7,9-10,13H2. The van der Waals surface area contributed by atoms with E-state index < -0.39 is 0 Å². The van der Waals surface area contributed by atoms with Gasteiger partial charge in [-0.3, -0.25) is 4.79 Å². The molecule has 3 aromatic rings. The van der Waals surface area contributed by atoms with Crippen LogP contribution in [0, 0.1) is 0 Å². The third kappa shape index (κ3) is 3.64. The highest BCUT2D eigenvalue weighted by molar-refractivity contribution is 7.09. The topological polar surface area (TPSA) is 59.2 Å². The van der Waals surface area contributed by atoms with Crippen LogP contribution in [-0.2, 0) is 11.2 Å². The Balaban J connectivity index is 1.34. The Kier molecular flexibility index (Phi) is 4.61. The van der Waals surface area contributed by atoms with E-state index in [9.17, 15) is 4.79 Å². The molecule has 0 saturated carbocycles. The summed E-state index contributed by atoms with van der Waals surface area (Å²) in [5.74, 6) is 1.30. The van der Waals surface area contributed by atoms with Crippen LogP contribution >= 0.6 is 11.3 Å². The van der Waals surface area contributed by atoms with E-state index in [1.54, 1.807) is 11.3 Å². The van der Waals surface area contributed by atoms with Crippen molar-refractivity contribution < 1.29 is 9.32 Å². The fourth-order valence-corrected chi connectivity index (χ4v) is 4.02. The first-order valence-electron chi connectivity index (χ1n) is 8.48. The van der Waals surface area contributed by atoms with Crippen LogP contribution in [0.3, 0.4) is 0 Å². The number of aromatic nitrogens is 2. The average molecular weight is 353 g/mol. The van der Waals surface area contributed by atoms with Gasteiger partial charge in [0.15, 0.2) is 5.76 Å². The van der Waals surface area contributed by atoms with Gasteiger partial charge in [-0.1, -0.05) is 35.5 Å². The number of amides is 1. The van der Waals surface area contributed by atoms with Gasteiger partial charge in [0.1, 0.15) is 0 Å². The van der Waals surface area contributed by atoms with Gasteiger partial charge in [-0.05, 0) is 12.8 Å². The second-order valence-corrected chi connectivity index (χ2v) is 7.18. The van der Waals surface area contributed by atoms with E-state index >= 15 is 0 Å². The van der Waals surface area contributed by atoms with E-state index in [-0.39, 0.29) is 12.3 Å². The Morgan fingerprint density at radius 2 is 2.04 bits per heavy atom. The molecule has 25 heavy (non-hydrogen) atoms. The normalized spacial score (nSPS) is 15.4. The monoisotopic (exact) mass is 353 g/mol. The lowest BCUT2D eigenvalue weighted by Crippen LogP contribution is -2.38. The van der Waals surface area contributed by atoms with E-state index in [1.165, 1.54) is 5.01 Å². The molecule has 1 aromatic carbocycles. The molecule has 1 aliphatic heterocycles. The van der Waals surface area contributed by atoms with Crippen molar-refractivity contribution in [1.29, 1.82) is 0 Å². The highest BCUT2D eigenvalue weighted by Crippen LogP contribution is 2.29. The summed E-state index contributed by atoms with van der Waals surface area (Å²) in [6.07, 6.45) is 4.10. The van der Waals surface area contributed by atoms with Crippen LogP contribution in [0.4, 0.5) is 0 Å². The number of nitrogens with zero attached hydrogens (tertiary/aromatic N) is 3. The van der Waals surface area contributed by atoms with Crippen LogP contribution in [0.15, 0.2) is 52.5 Å². The maximum absolute atomic E-state index is 12.5. The molecule has 128 valence electrons. The van der Waals surface area contributed by atoms with Crippen molar-refractivity contribution in [1.82, 2.24) is 15.0 Å². The number of benzene rings is 1. The molecule has 0 atom stereocenters. The summed E-state index contributed by atoms with van der Waals surface area (Å²) in [6, 6.07) is 11.7. The zero-order valence-corrected chi connectivity index (χ0v) is 14.6. The molecule has 2 aromatic heterocycles. The Hall–Kier alpha value is -2.47. The van der Waals surface area contributed by atoms with Crippen LogP contribution in [0.2, 0.25) is 0 Å². The summed E-state index contributed by atoms with van der Waals surface area (Å²) in [5, 5.41) is 7.26. The van der Waals surface area contributed by atoms with Gasteiger partial charge in [-0.2, -0.15) is 0 Å². The minimum atomic E-state index is 0.116. The lowest BCUT2D eigenvalue weighted by Gasteiger charge is -2.31. The highest BCUT2D eigenvalue weighted by Gasteiger charge is 2.25. The number of rotatable bonds is 4. The number of piperidine rings is 1. The number of likely N-dealkylation sites (tertiary alicyclic amines) is 1. The van der Waals surface area contributed by atoms with Crippen molar-refractivity contribution in [2.24, 2.45) is 0 Å². The zero-order valence-electron chi connectivity index (χ0n) is 13.8. The minimum Gasteiger partial charge on any atom is -0.356 e. The van der Waals surface area contributed by atoms with E-state index in [0.717, 1.165) is 31.5 Å². The molecule has 0 spiro atoms. The first kappa shape index (κ1) is 16.0. The molecule has 0 unspecified atom stereocenters. The Morgan fingerprint density at radius 1 is 1.24 bits per heavy atom. The van der Waals surface area contributed by atoms with Crippen LogP contribution in [0.1, 0.15) is 29.5 Å². The molecule has 6 heteroatoms. The lowest BCUT2D eigenvalue weighted by atomic mass is 9.97. The van der Waals surface area contributed by atoms with Gasteiger partial charge in [0.2, 0.25) is 5.91 Å². The number of carbonyl (C=O) groups excluding carboxylic acids is 1. The summed E-state index contributed by atoms with van der Waals surface area (Å²) in [4.78, 5) is 18.9. The molecule has 5 nitrogen and oxygen atoms in total. The summed E-state index contributed by atoms with van der Waals surface area (Å²) >= 11 is 1.71. The van der Waals surface area contributed by atoms with Gasteiger partial charge in [0.25, 0.3) is 0 Å². The molecule has 0 aliphatic carbocycles. The predicted octanol–water partition coefficient (Wildman–Crippen LogP) is 3.75. The third-order valence-corrected chi connectivity index (χ3v) is 5.54. The van der Waals surface area contributed by atoms with Crippen molar-refractivity contribution in [3.05, 3.63) is 58.7 Å². The molecular weight excluding hydrogens is 334 g/mol. The van der Waals surface area contributed by atoms with E-state index in [2.05, 4.69) is 10.1 Å². The van der Waals surface area contributed by atoms with Gasteiger partial charge in [-0.15, -0.1) is 11.3 Å². The van der Waals surface area contributed by atoms with Crippen molar-refractivity contribution in [3.8, 4) is 11.3 Å². The van der Waals surface area contributed by atoms with Crippen molar-refractivity contribution >= 4 is 17.2 Å². The molecule has 0 radical (unpaired) electrons. The zero-order chi connectivity index (χ0) is 17.1. The quantitative estimate of drug-likeness (QED) is 0.717. The number of hydrogen-bond acceptors (Lipinski definition) is 5. The van der Waals surface area contributed by atoms with Crippen LogP contribution in [0.25, 0.3) is 11.3 Å². The number of carbonyl (C=O) groups is 1. The third-order valence-electron chi connectivity index (χ3n) is 4.60. The maximum atomic E-state index is 12.5. The molecule has 1 aliphatic rings. The molecular formula is C19H19N3O2S. The first-order valence-corrected chi connectivity index (χ1v) is 9.36. The van der Waals surface area contributed by atoms with Gasteiger partial charge in [0, 0.05) is 42.2 Å². The fraction of sp³-hybridized carbons (Fsp3) is 0.316. The lowest BCUT2D eigenvalue weighted by molar-refractivity contribution is -0.131. The number of thiazole rings is 1. The first-order chi connectivity index (χ1) is 12.3. The van der Waals surface area contributed by atoms with Gasteiger partial charge >= 0.3 is 0 Å². The molecule has 4 rings (SSSR count). The Morgan fingerprint density at radius 3 is 2.76 bits per heavy atom. The van der Waals surface area contributed by atoms with Gasteiger partial charge < -0.3 is 9.42 Å². The fourth-order valence-electron chi connectivity index (χ4n) is 3.21. The highest BCUT2D eigenvalue weighted by atomic mass is 32.1. The van der Waals surface area contributed by atoms with Crippen LogP contribution in [-0.4, -0.2) is 34.0 Å². The van der Waals surface area contributed by atoms with Crippen LogP contribution < -0.4 is 0 Å². The van der Waals surface area contributed by atoms with Gasteiger partial charge in [0.05, 0.1) is 17.1 Å². The van der Waals surface area contributed by atoms with Crippen molar-refractivity contribution in [2.75, 3.05) is 13.1 Å². The van der Waals surface area contributed by atoms with Crippen molar-refractivity contribution in [2.45, 2.75) is 25.2 Å². The second-order valence-electron chi connectivity index (χ2n) is 6.25. The molecule has 3 heterocycles. The minimum absolute atomic E-state index is 0.116. The predicted molar refractivity (Wildman–Crippen MR) is 96.3 cm³/mol. The van der Waals surface area contributed by atoms with Gasteiger partial charge in [-0.25, -0.2) is 4.98 Å². The average Bonchev–Trinajstić information content (AvgIpc) is 3.35. The largest absolute Gasteiger partial charge is 0.356 e. The second kappa shape index (κ2) is 7.19. The molecule has 0 bridgehead atoms. The SMILES string of the molecule is O=C(Cc1cc(-c2ccccc2)on1)N1CCC(c2nccs2)CC1. The summed E-state index contributed by atoms with van der Waals surface area (Å²) in [5.41, 5.74) is 1.66. The smallest absolute Gasteiger partial charge is 0.228 e. The molecule has 1 saturated heterocycles. The van der Waals surface area contributed by atoms with Crippen molar-refractivity contribution in [3.63, 3.8) is 0 Å². The van der Waals surface area contributed by atoms with E-state index in [0.29, 0.717) is 17.4 Å². The molecule has 0 N–H and O–H groups in total. The summed E-state index contributed by atoms with van der Waals surface area (Å²) < 4.78 is 5.38. The molecule has 1 amide bonds. The maximum Gasteiger partial charge on any atom is 0.228 e. The van der Waals surface area contributed by atoms with E-state index in [1.807, 2.05) is 52.9 Å². The molecule has 1 fully saturated rings. The van der Waals surface area contributed by atoms with E-state index in [4.69, 9.17) is 4.52 Å². The summed E-state index contributed by atoms with van der Waals surface area (Å²) in [7, 11) is 0. The Labute approximate surface area is 150 Å².